The van der Waals surface area contributed by atoms with Gasteiger partial charge in [0.05, 0.1) is 50.1 Å². The van der Waals surface area contributed by atoms with Crippen LogP contribution in [-0.2, 0) is 47.8 Å². The number of benzene rings is 3. The van der Waals surface area contributed by atoms with Crippen LogP contribution in [0.2, 0.25) is 0 Å². The summed E-state index contributed by atoms with van der Waals surface area (Å²) < 4.78 is 34.8. The fourth-order valence-corrected chi connectivity index (χ4v) is 5.41. The maximum absolute atomic E-state index is 14.2. The van der Waals surface area contributed by atoms with Crippen molar-refractivity contribution in [1.82, 2.24) is 10.2 Å². The number of carbonyl (C=O) groups is 1. The minimum atomic E-state index is -0.620. The zero-order valence-electron chi connectivity index (χ0n) is 26.0. The number of urea groups is 1. The normalized spacial score (nSPS) is 19.9. The first-order valence-electron chi connectivity index (χ1n) is 15.1. The van der Waals surface area contributed by atoms with Crippen molar-refractivity contribution < 1.29 is 33.2 Å². The average Bonchev–Trinajstić information content (AvgIpc) is 3.16. The van der Waals surface area contributed by atoms with Gasteiger partial charge in [-0.1, -0.05) is 72.8 Å². The standard InChI is InChI=1S/C35H43N3O7/c1-40-16-18-42-25-44-33-31(21-27-10-5-3-6-11-27)37-35(39)38(24-30-15-9-14-29(20-30)23-36)32(22-28-12-7-4-8-13-28)34(33)45-26-43-19-17-41-2/h3-15,20,31-34H,16-19,21-22,24-26H2,1-2H3,(H,37,39)/t31-,32-,33+,34+/m0/s1. The van der Waals surface area contributed by atoms with Gasteiger partial charge in [0.25, 0.3) is 0 Å². The van der Waals surface area contributed by atoms with Crippen molar-refractivity contribution in [3.63, 3.8) is 0 Å². The minimum Gasteiger partial charge on any atom is -0.382 e. The Labute approximate surface area is 265 Å². The smallest absolute Gasteiger partial charge is 0.318 e. The van der Waals surface area contributed by atoms with Gasteiger partial charge in [-0.15, -0.1) is 0 Å². The first-order valence-corrected chi connectivity index (χ1v) is 15.1. The molecule has 4 rings (SSSR count). The maximum atomic E-state index is 14.2. The highest BCUT2D eigenvalue weighted by atomic mass is 16.7. The van der Waals surface area contributed by atoms with Crippen molar-refractivity contribution in [3.05, 3.63) is 107 Å². The van der Waals surface area contributed by atoms with Crippen LogP contribution in [0.4, 0.5) is 4.79 Å². The molecular weight excluding hydrogens is 574 g/mol. The highest BCUT2D eigenvalue weighted by molar-refractivity contribution is 5.76. The summed E-state index contributed by atoms with van der Waals surface area (Å²) in [6.07, 6.45) is -0.218. The minimum absolute atomic E-state index is 0.0121. The van der Waals surface area contributed by atoms with Crippen molar-refractivity contribution >= 4 is 6.03 Å². The first-order chi connectivity index (χ1) is 22.1. The monoisotopic (exact) mass is 617 g/mol. The molecule has 2 amide bonds. The third-order valence-corrected chi connectivity index (χ3v) is 7.62. The lowest BCUT2D eigenvalue weighted by molar-refractivity contribution is -0.187. The molecule has 1 fully saturated rings. The van der Waals surface area contributed by atoms with Crippen molar-refractivity contribution in [3.8, 4) is 6.07 Å². The van der Waals surface area contributed by atoms with E-state index in [-0.39, 0.29) is 26.2 Å². The number of hydrogen-bond acceptors (Lipinski definition) is 8. The second kappa shape index (κ2) is 18.9. The summed E-state index contributed by atoms with van der Waals surface area (Å²) in [6, 6.07) is 28.3. The van der Waals surface area contributed by atoms with Gasteiger partial charge in [0, 0.05) is 20.8 Å². The van der Waals surface area contributed by atoms with Gasteiger partial charge in [0.1, 0.15) is 25.8 Å². The number of rotatable bonds is 18. The Morgan fingerprint density at radius 3 is 1.91 bits per heavy atom. The first kappa shape index (κ1) is 34.1. The molecule has 1 aliphatic rings. The molecule has 0 aromatic heterocycles. The van der Waals surface area contributed by atoms with Gasteiger partial charge < -0.3 is 38.6 Å². The van der Waals surface area contributed by atoms with Gasteiger partial charge in [-0.2, -0.15) is 5.26 Å². The van der Waals surface area contributed by atoms with E-state index in [1.54, 1.807) is 31.3 Å². The molecule has 45 heavy (non-hydrogen) atoms. The number of nitrogens with zero attached hydrogens (tertiary/aromatic N) is 2. The second-order valence-electron chi connectivity index (χ2n) is 10.7. The van der Waals surface area contributed by atoms with Gasteiger partial charge in [0.2, 0.25) is 0 Å². The Balaban J connectivity index is 1.74. The lowest BCUT2D eigenvalue weighted by Crippen LogP contribution is -2.53. The Kier molecular flexibility index (Phi) is 14.3. The molecule has 1 N–H and O–H groups in total. The molecule has 4 atom stereocenters. The largest absolute Gasteiger partial charge is 0.382 e. The van der Waals surface area contributed by atoms with Crippen LogP contribution in [-0.4, -0.2) is 89.5 Å². The zero-order chi connectivity index (χ0) is 31.7. The Hall–Kier alpha value is -3.82. The maximum Gasteiger partial charge on any atom is 0.318 e. The van der Waals surface area contributed by atoms with E-state index in [9.17, 15) is 10.1 Å². The molecule has 240 valence electrons. The molecule has 10 heteroatoms. The van der Waals surface area contributed by atoms with Crippen LogP contribution in [0.25, 0.3) is 0 Å². The van der Waals surface area contributed by atoms with Crippen LogP contribution in [0.15, 0.2) is 84.9 Å². The molecule has 0 aliphatic carbocycles. The van der Waals surface area contributed by atoms with Gasteiger partial charge in [-0.3, -0.25) is 0 Å². The van der Waals surface area contributed by atoms with Crippen molar-refractivity contribution in [2.45, 2.75) is 43.7 Å². The van der Waals surface area contributed by atoms with Gasteiger partial charge in [-0.25, -0.2) is 4.79 Å². The van der Waals surface area contributed by atoms with Gasteiger partial charge >= 0.3 is 6.03 Å². The highest BCUT2D eigenvalue weighted by Crippen LogP contribution is 2.28. The number of nitriles is 1. The van der Waals surface area contributed by atoms with Gasteiger partial charge in [0.15, 0.2) is 0 Å². The third-order valence-electron chi connectivity index (χ3n) is 7.62. The second-order valence-corrected chi connectivity index (χ2v) is 10.7. The SMILES string of the molecule is COCCOCO[C@H]1[C@H](OCOCCOC)[C@H](Cc2ccccc2)N(Cc2cccc(C#N)c2)C(=O)N[C@H]1Cc1ccccc1. The van der Waals surface area contributed by atoms with Gasteiger partial charge in [-0.05, 0) is 41.7 Å². The molecule has 0 unspecified atom stereocenters. The molecule has 1 heterocycles. The fraction of sp³-hybridized carbons (Fsp3) is 0.429. The molecule has 0 bridgehead atoms. The lowest BCUT2D eigenvalue weighted by Gasteiger charge is -2.37. The van der Waals surface area contributed by atoms with Crippen LogP contribution in [0.3, 0.4) is 0 Å². The van der Waals surface area contributed by atoms with Crippen molar-refractivity contribution in [2.24, 2.45) is 0 Å². The predicted molar refractivity (Wildman–Crippen MR) is 168 cm³/mol. The summed E-state index contributed by atoms with van der Waals surface area (Å²) in [5, 5.41) is 12.8. The van der Waals surface area contributed by atoms with Crippen molar-refractivity contribution in [1.29, 1.82) is 5.26 Å². The summed E-state index contributed by atoms with van der Waals surface area (Å²) in [6.45, 7) is 1.80. The Morgan fingerprint density at radius 2 is 1.31 bits per heavy atom. The quantitative estimate of drug-likeness (QED) is 0.166. The van der Waals surface area contributed by atoms with E-state index in [1.165, 1.54) is 0 Å². The van der Waals surface area contributed by atoms with E-state index in [1.807, 2.05) is 72.8 Å². The zero-order valence-corrected chi connectivity index (χ0v) is 26.0. The molecular formula is C35H43N3O7. The number of amides is 2. The number of hydrogen-bond donors (Lipinski definition) is 1. The van der Waals surface area contributed by atoms with Crippen LogP contribution in [0, 0.1) is 11.3 Å². The van der Waals surface area contributed by atoms with E-state index >= 15 is 0 Å². The lowest BCUT2D eigenvalue weighted by atomic mass is 9.91. The van der Waals surface area contributed by atoms with E-state index < -0.39 is 24.3 Å². The number of methoxy groups -OCH3 is 2. The summed E-state index contributed by atoms with van der Waals surface area (Å²) >= 11 is 0. The molecule has 0 radical (unpaired) electrons. The van der Waals surface area contributed by atoms with E-state index in [4.69, 9.17) is 28.4 Å². The van der Waals surface area contributed by atoms with Crippen molar-refractivity contribution in [2.75, 3.05) is 54.2 Å². The molecule has 10 nitrogen and oxygen atoms in total. The highest BCUT2D eigenvalue weighted by Gasteiger charge is 2.45. The summed E-state index contributed by atoms with van der Waals surface area (Å²) in [7, 11) is 3.23. The summed E-state index contributed by atoms with van der Waals surface area (Å²) in [4.78, 5) is 16.0. The summed E-state index contributed by atoms with van der Waals surface area (Å²) in [5.41, 5.74) is 3.44. The molecule has 1 saturated heterocycles. The molecule has 3 aromatic rings. The number of carbonyl (C=O) groups excluding carboxylic acids is 1. The van der Waals surface area contributed by atoms with Crippen LogP contribution in [0.5, 0.6) is 0 Å². The van der Waals surface area contributed by atoms with Crippen LogP contribution >= 0.6 is 0 Å². The van der Waals surface area contributed by atoms with E-state index in [0.717, 1.165) is 16.7 Å². The molecule has 1 aliphatic heterocycles. The molecule has 0 saturated carbocycles. The molecule has 0 spiro atoms. The third kappa shape index (κ3) is 10.6. The Morgan fingerprint density at radius 1 is 0.733 bits per heavy atom. The predicted octanol–water partition coefficient (Wildman–Crippen LogP) is 4.32. The number of ether oxygens (including phenoxy) is 6. The fourth-order valence-electron chi connectivity index (χ4n) is 5.41. The molecule has 3 aromatic carbocycles. The average molecular weight is 618 g/mol. The Bertz CT molecular complexity index is 1320. The van der Waals surface area contributed by atoms with E-state index in [0.29, 0.717) is 44.8 Å². The number of nitrogens with one attached hydrogen (secondary N) is 1. The van der Waals surface area contributed by atoms with E-state index in [2.05, 4.69) is 11.4 Å². The summed E-state index contributed by atoms with van der Waals surface area (Å²) in [5.74, 6) is 0. The van der Waals surface area contributed by atoms with Crippen LogP contribution < -0.4 is 5.32 Å². The van der Waals surface area contributed by atoms with Crippen LogP contribution in [0.1, 0.15) is 22.3 Å². The topological polar surface area (TPSA) is 112 Å².